The lowest BCUT2D eigenvalue weighted by atomic mass is 9.86. The van der Waals surface area contributed by atoms with E-state index in [4.69, 9.17) is 0 Å². The molecule has 0 spiro atoms. The van der Waals surface area contributed by atoms with Crippen LogP contribution in [0, 0.1) is 5.41 Å². The Morgan fingerprint density at radius 3 is 2.69 bits per heavy atom. The van der Waals surface area contributed by atoms with Gasteiger partial charge >= 0.3 is 0 Å². The highest BCUT2D eigenvalue weighted by molar-refractivity contribution is 9.09. The van der Waals surface area contributed by atoms with Crippen molar-refractivity contribution in [3.63, 3.8) is 0 Å². The van der Waals surface area contributed by atoms with Crippen LogP contribution in [0.1, 0.15) is 20.8 Å². The van der Waals surface area contributed by atoms with Crippen molar-refractivity contribution in [2.75, 3.05) is 5.33 Å². The van der Waals surface area contributed by atoms with Gasteiger partial charge in [-0.25, -0.2) is 4.98 Å². The fourth-order valence-electron chi connectivity index (χ4n) is 1.37. The molecular weight excluding hydrogens is 270 g/mol. The number of hydrogen-bond acceptors (Lipinski definition) is 2. The van der Waals surface area contributed by atoms with E-state index >= 15 is 0 Å². The lowest BCUT2D eigenvalue weighted by molar-refractivity contribution is -0.120. The molecule has 0 aliphatic carbocycles. The molecule has 0 aliphatic rings. The normalized spacial score (nSPS) is 13.5. The Labute approximate surface area is 105 Å². The highest BCUT2D eigenvalue weighted by Crippen LogP contribution is 2.20. The molecule has 4 nitrogen and oxygen atoms in total. The third-order valence-electron chi connectivity index (χ3n) is 2.45. The van der Waals surface area contributed by atoms with Gasteiger partial charge in [-0.1, -0.05) is 36.7 Å². The van der Waals surface area contributed by atoms with Crippen LogP contribution in [0.5, 0.6) is 0 Å². The van der Waals surface area contributed by atoms with Crippen LogP contribution in [0.15, 0.2) is 18.7 Å². The Hall–Kier alpha value is -0.840. The highest BCUT2D eigenvalue weighted by Gasteiger charge is 2.26. The van der Waals surface area contributed by atoms with Gasteiger partial charge in [0.15, 0.2) is 0 Å². The molecule has 90 valence electrons. The number of amides is 1. The van der Waals surface area contributed by atoms with Gasteiger partial charge in [0.2, 0.25) is 5.91 Å². The summed E-state index contributed by atoms with van der Waals surface area (Å²) in [4.78, 5) is 15.4. The number of nitrogens with zero attached hydrogens (tertiary/aromatic N) is 2. The van der Waals surface area contributed by atoms with Crippen LogP contribution in [-0.2, 0) is 11.3 Å². The van der Waals surface area contributed by atoms with Crippen molar-refractivity contribution in [3.8, 4) is 0 Å². The molecule has 1 unspecified atom stereocenters. The maximum atomic E-state index is 11.4. The van der Waals surface area contributed by atoms with Gasteiger partial charge < -0.3 is 9.88 Å². The van der Waals surface area contributed by atoms with E-state index in [1.807, 2.05) is 10.8 Å². The van der Waals surface area contributed by atoms with Gasteiger partial charge in [0.05, 0.1) is 17.7 Å². The molecule has 5 heteroatoms. The lowest BCUT2D eigenvalue weighted by Crippen LogP contribution is -2.46. The number of carbonyl (C=O) groups excluding carboxylic acids is 1. The standard InChI is InChI=1S/C11H18BrN3O/c1-11(2,3)9(14-10(16)6-12)7-15-5-4-13-8-15/h4-5,8-9H,6-7H2,1-3H3,(H,14,16). The van der Waals surface area contributed by atoms with Gasteiger partial charge in [-0.2, -0.15) is 0 Å². The molecule has 0 radical (unpaired) electrons. The monoisotopic (exact) mass is 287 g/mol. The quantitative estimate of drug-likeness (QED) is 0.859. The zero-order chi connectivity index (χ0) is 12.2. The molecule has 1 aromatic heterocycles. The highest BCUT2D eigenvalue weighted by atomic mass is 79.9. The maximum Gasteiger partial charge on any atom is 0.230 e. The molecule has 1 amide bonds. The third-order valence-corrected chi connectivity index (χ3v) is 2.96. The summed E-state index contributed by atoms with van der Waals surface area (Å²) in [5.41, 5.74) is 0.0160. The first-order valence-corrected chi connectivity index (χ1v) is 6.36. The third kappa shape index (κ3) is 3.96. The number of imidazole rings is 1. The summed E-state index contributed by atoms with van der Waals surface area (Å²) in [6, 6.07) is 0.0896. The second-order valence-corrected chi connectivity index (χ2v) is 5.44. The number of carbonyl (C=O) groups is 1. The van der Waals surface area contributed by atoms with Gasteiger partial charge in [0.1, 0.15) is 0 Å². The second kappa shape index (κ2) is 5.48. The summed E-state index contributed by atoms with van der Waals surface area (Å²) in [6.07, 6.45) is 5.41. The molecular formula is C11H18BrN3O. The topological polar surface area (TPSA) is 46.9 Å². The molecule has 0 saturated heterocycles. The summed E-state index contributed by atoms with van der Waals surface area (Å²) >= 11 is 3.16. The number of halogens is 1. The molecule has 0 aromatic carbocycles. The lowest BCUT2D eigenvalue weighted by Gasteiger charge is -2.31. The van der Waals surface area contributed by atoms with Gasteiger partial charge in [0, 0.05) is 18.9 Å². The van der Waals surface area contributed by atoms with E-state index in [1.165, 1.54) is 0 Å². The number of aromatic nitrogens is 2. The van der Waals surface area contributed by atoms with Crippen molar-refractivity contribution in [1.29, 1.82) is 0 Å². The van der Waals surface area contributed by atoms with Crippen LogP contribution in [0.25, 0.3) is 0 Å². The van der Waals surface area contributed by atoms with Crippen molar-refractivity contribution in [3.05, 3.63) is 18.7 Å². The molecule has 0 bridgehead atoms. The van der Waals surface area contributed by atoms with Crippen LogP contribution >= 0.6 is 15.9 Å². The number of nitrogens with one attached hydrogen (secondary N) is 1. The fraction of sp³-hybridized carbons (Fsp3) is 0.636. The van der Waals surface area contributed by atoms with Gasteiger partial charge in [-0.15, -0.1) is 0 Å². The molecule has 1 N–H and O–H groups in total. The molecule has 16 heavy (non-hydrogen) atoms. The molecule has 1 heterocycles. The van der Waals surface area contributed by atoms with E-state index in [9.17, 15) is 4.79 Å². The van der Waals surface area contributed by atoms with Gasteiger partial charge in [-0.05, 0) is 5.41 Å². The smallest absolute Gasteiger partial charge is 0.230 e. The van der Waals surface area contributed by atoms with Crippen molar-refractivity contribution >= 4 is 21.8 Å². The number of rotatable bonds is 4. The van der Waals surface area contributed by atoms with Gasteiger partial charge in [0.25, 0.3) is 0 Å². The second-order valence-electron chi connectivity index (χ2n) is 4.88. The molecule has 0 fully saturated rings. The summed E-state index contributed by atoms with van der Waals surface area (Å²) in [5.74, 6) is 0.0139. The summed E-state index contributed by atoms with van der Waals surface area (Å²) in [5, 5.41) is 3.35. The number of hydrogen-bond donors (Lipinski definition) is 1. The largest absolute Gasteiger partial charge is 0.350 e. The SMILES string of the molecule is CC(C)(C)C(Cn1ccnc1)NC(=O)CBr. The first-order valence-electron chi connectivity index (χ1n) is 5.24. The Morgan fingerprint density at radius 1 is 1.56 bits per heavy atom. The molecule has 1 aromatic rings. The van der Waals surface area contributed by atoms with E-state index in [0.29, 0.717) is 5.33 Å². The minimum atomic E-state index is 0.0139. The van der Waals surface area contributed by atoms with Crippen molar-refractivity contribution in [2.24, 2.45) is 5.41 Å². The van der Waals surface area contributed by atoms with E-state index in [0.717, 1.165) is 6.54 Å². The van der Waals surface area contributed by atoms with Crippen molar-refractivity contribution in [2.45, 2.75) is 33.4 Å². The Bertz CT molecular complexity index is 329. The summed E-state index contributed by atoms with van der Waals surface area (Å²) in [7, 11) is 0. The average molecular weight is 288 g/mol. The molecule has 1 rings (SSSR count). The first kappa shape index (κ1) is 13.2. The van der Waals surface area contributed by atoms with E-state index < -0.39 is 0 Å². The Balaban J connectivity index is 2.68. The zero-order valence-corrected chi connectivity index (χ0v) is 11.5. The Morgan fingerprint density at radius 2 is 2.25 bits per heavy atom. The van der Waals surface area contributed by atoms with E-state index in [-0.39, 0.29) is 17.4 Å². The first-order chi connectivity index (χ1) is 7.43. The van der Waals surface area contributed by atoms with Gasteiger partial charge in [-0.3, -0.25) is 4.79 Å². The fourth-order valence-corrected chi connectivity index (χ4v) is 1.54. The summed E-state index contributed by atoms with van der Waals surface area (Å²) < 4.78 is 1.98. The molecule has 0 aliphatic heterocycles. The minimum absolute atomic E-state index is 0.0139. The number of alkyl halides is 1. The van der Waals surface area contributed by atoms with Crippen LogP contribution in [0.2, 0.25) is 0 Å². The van der Waals surface area contributed by atoms with Crippen LogP contribution in [0.3, 0.4) is 0 Å². The average Bonchev–Trinajstić information content (AvgIpc) is 2.67. The molecule has 1 atom stereocenters. The molecule has 0 saturated carbocycles. The maximum absolute atomic E-state index is 11.4. The summed E-state index contributed by atoms with van der Waals surface area (Å²) in [6.45, 7) is 7.08. The Kier molecular flexibility index (Phi) is 4.53. The van der Waals surface area contributed by atoms with Crippen LogP contribution in [0.4, 0.5) is 0 Å². The van der Waals surface area contributed by atoms with E-state index in [2.05, 4.69) is 47.0 Å². The zero-order valence-electron chi connectivity index (χ0n) is 9.90. The van der Waals surface area contributed by atoms with E-state index in [1.54, 1.807) is 12.5 Å². The predicted molar refractivity (Wildman–Crippen MR) is 67.4 cm³/mol. The van der Waals surface area contributed by atoms with Crippen molar-refractivity contribution in [1.82, 2.24) is 14.9 Å². The minimum Gasteiger partial charge on any atom is -0.350 e. The van der Waals surface area contributed by atoms with Crippen LogP contribution < -0.4 is 5.32 Å². The predicted octanol–water partition coefficient (Wildman–Crippen LogP) is 1.81. The van der Waals surface area contributed by atoms with Crippen LogP contribution in [-0.4, -0.2) is 26.8 Å². The van der Waals surface area contributed by atoms with Crippen molar-refractivity contribution < 1.29 is 4.79 Å².